The van der Waals surface area contributed by atoms with Gasteiger partial charge in [0.1, 0.15) is 5.84 Å². The van der Waals surface area contributed by atoms with E-state index in [1.807, 2.05) is 36.4 Å². The minimum Gasteiger partial charge on any atom is -0.493 e. The molecular formula is C15H16N2O2. The summed E-state index contributed by atoms with van der Waals surface area (Å²) in [5.74, 6) is 1.76. The molecule has 4 nitrogen and oxygen atoms in total. The van der Waals surface area contributed by atoms with Gasteiger partial charge in [-0.3, -0.25) is 0 Å². The Morgan fingerprint density at radius 3 is 2.26 bits per heavy atom. The van der Waals surface area contributed by atoms with E-state index < -0.39 is 0 Å². The van der Waals surface area contributed by atoms with Gasteiger partial charge in [0.2, 0.25) is 0 Å². The average molecular weight is 256 g/mol. The van der Waals surface area contributed by atoms with Crippen molar-refractivity contribution in [3.8, 4) is 11.5 Å². The lowest BCUT2D eigenvalue weighted by molar-refractivity contribution is 0.355. The molecule has 0 heterocycles. The second-order valence-corrected chi connectivity index (χ2v) is 3.90. The zero-order valence-corrected chi connectivity index (χ0v) is 11.0. The Morgan fingerprint density at radius 1 is 0.947 bits per heavy atom. The van der Waals surface area contributed by atoms with Crippen LogP contribution in [0.1, 0.15) is 5.56 Å². The number of hydrogen-bond donors (Lipinski definition) is 1. The predicted octanol–water partition coefficient (Wildman–Crippen LogP) is 2.74. The summed E-state index contributed by atoms with van der Waals surface area (Å²) < 4.78 is 10.4. The first kappa shape index (κ1) is 13.0. The molecule has 0 radical (unpaired) electrons. The molecule has 0 aliphatic heterocycles. The number of methoxy groups -OCH3 is 2. The van der Waals surface area contributed by atoms with E-state index in [-0.39, 0.29) is 0 Å². The highest BCUT2D eigenvalue weighted by Gasteiger charge is 2.04. The van der Waals surface area contributed by atoms with Gasteiger partial charge in [-0.25, -0.2) is 4.99 Å². The fourth-order valence-corrected chi connectivity index (χ4v) is 1.71. The number of hydrogen-bond acceptors (Lipinski definition) is 3. The SMILES string of the molecule is COc1ccc(N=C(N)c2ccccc2)cc1OC. The highest BCUT2D eigenvalue weighted by Crippen LogP contribution is 2.31. The van der Waals surface area contributed by atoms with Crippen LogP contribution < -0.4 is 15.2 Å². The molecule has 0 saturated carbocycles. The third kappa shape index (κ3) is 3.04. The Balaban J connectivity index is 2.33. The molecule has 0 amide bonds. The van der Waals surface area contributed by atoms with Gasteiger partial charge in [0, 0.05) is 11.6 Å². The van der Waals surface area contributed by atoms with Gasteiger partial charge < -0.3 is 15.2 Å². The van der Waals surface area contributed by atoms with Crippen molar-refractivity contribution in [3.05, 3.63) is 54.1 Å². The first-order valence-corrected chi connectivity index (χ1v) is 5.86. The Labute approximate surface area is 112 Å². The fraction of sp³-hybridized carbons (Fsp3) is 0.133. The largest absolute Gasteiger partial charge is 0.493 e. The Hall–Kier alpha value is -2.49. The first-order chi connectivity index (χ1) is 9.24. The zero-order valence-electron chi connectivity index (χ0n) is 11.0. The van der Waals surface area contributed by atoms with Crippen LogP contribution in [0.5, 0.6) is 11.5 Å². The molecule has 2 N–H and O–H groups in total. The van der Waals surface area contributed by atoms with E-state index >= 15 is 0 Å². The van der Waals surface area contributed by atoms with Crippen LogP contribution in [0.2, 0.25) is 0 Å². The van der Waals surface area contributed by atoms with Crippen LogP contribution in [-0.2, 0) is 0 Å². The zero-order chi connectivity index (χ0) is 13.7. The van der Waals surface area contributed by atoms with Crippen LogP contribution >= 0.6 is 0 Å². The third-order valence-corrected chi connectivity index (χ3v) is 2.69. The maximum atomic E-state index is 5.97. The van der Waals surface area contributed by atoms with Gasteiger partial charge >= 0.3 is 0 Å². The van der Waals surface area contributed by atoms with E-state index in [1.165, 1.54) is 0 Å². The monoisotopic (exact) mass is 256 g/mol. The molecule has 0 aliphatic rings. The van der Waals surface area contributed by atoms with Crippen LogP contribution in [0.4, 0.5) is 5.69 Å². The standard InChI is InChI=1S/C15H16N2O2/c1-18-13-9-8-12(10-14(13)19-2)17-15(16)11-6-4-3-5-7-11/h3-10H,1-2H3,(H2,16,17). The number of rotatable bonds is 4. The number of benzene rings is 2. The van der Waals surface area contributed by atoms with E-state index in [9.17, 15) is 0 Å². The second kappa shape index (κ2) is 5.91. The van der Waals surface area contributed by atoms with Crippen molar-refractivity contribution in [1.29, 1.82) is 0 Å². The lowest BCUT2D eigenvalue weighted by Crippen LogP contribution is -2.12. The summed E-state index contributed by atoms with van der Waals surface area (Å²) in [7, 11) is 3.19. The number of nitrogens with two attached hydrogens (primary N) is 1. The topological polar surface area (TPSA) is 56.8 Å². The summed E-state index contributed by atoms with van der Waals surface area (Å²) in [5.41, 5.74) is 7.57. The molecule has 0 atom stereocenters. The van der Waals surface area contributed by atoms with E-state index in [0.717, 1.165) is 11.3 Å². The molecule has 2 rings (SSSR count). The fourth-order valence-electron chi connectivity index (χ4n) is 1.71. The minimum atomic E-state index is 0.466. The highest BCUT2D eigenvalue weighted by atomic mass is 16.5. The van der Waals surface area contributed by atoms with Crippen LogP contribution in [0.15, 0.2) is 53.5 Å². The molecule has 0 aromatic heterocycles. The quantitative estimate of drug-likeness (QED) is 0.676. The van der Waals surface area contributed by atoms with E-state index in [0.29, 0.717) is 17.3 Å². The van der Waals surface area contributed by atoms with Crippen molar-refractivity contribution >= 4 is 11.5 Å². The maximum absolute atomic E-state index is 5.97. The van der Waals surface area contributed by atoms with Gasteiger partial charge in [-0.05, 0) is 12.1 Å². The average Bonchev–Trinajstić information content (AvgIpc) is 2.48. The summed E-state index contributed by atoms with van der Waals surface area (Å²) in [5, 5.41) is 0. The Bertz CT molecular complexity index is 580. The molecule has 0 aliphatic carbocycles. The normalized spacial score (nSPS) is 11.2. The molecular weight excluding hydrogens is 240 g/mol. The van der Waals surface area contributed by atoms with Crippen molar-refractivity contribution in [2.24, 2.45) is 10.7 Å². The molecule has 0 unspecified atom stereocenters. The molecule has 0 spiro atoms. The number of aliphatic imine (C=N–C) groups is 1. The van der Waals surface area contributed by atoms with Gasteiger partial charge in [0.15, 0.2) is 11.5 Å². The van der Waals surface area contributed by atoms with Crippen LogP contribution in [0.25, 0.3) is 0 Å². The highest BCUT2D eigenvalue weighted by molar-refractivity contribution is 5.99. The van der Waals surface area contributed by atoms with Crippen molar-refractivity contribution < 1.29 is 9.47 Å². The van der Waals surface area contributed by atoms with E-state index in [1.54, 1.807) is 26.4 Å². The lowest BCUT2D eigenvalue weighted by atomic mass is 10.2. The molecule has 2 aromatic carbocycles. The van der Waals surface area contributed by atoms with E-state index in [2.05, 4.69) is 4.99 Å². The summed E-state index contributed by atoms with van der Waals surface area (Å²) in [4.78, 5) is 4.37. The summed E-state index contributed by atoms with van der Waals surface area (Å²) in [6.07, 6.45) is 0. The van der Waals surface area contributed by atoms with Gasteiger partial charge in [-0.1, -0.05) is 30.3 Å². The lowest BCUT2D eigenvalue weighted by Gasteiger charge is -2.08. The van der Waals surface area contributed by atoms with Gasteiger partial charge in [-0.15, -0.1) is 0 Å². The van der Waals surface area contributed by atoms with Crippen LogP contribution in [0.3, 0.4) is 0 Å². The molecule has 4 heteroatoms. The molecule has 98 valence electrons. The smallest absolute Gasteiger partial charge is 0.162 e. The van der Waals surface area contributed by atoms with Gasteiger partial charge in [0.05, 0.1) is 19.9 Å². The molecule has 19 heavy (non-hydrogen) atoms. The maximum Gasteiger partial charge on any atom is 0.162 e. The van der Waals surface area contributed by atoms with Crippen molar-refractivity contribution in [3.63, 3.8) is 0 Å². The minimum absolute atomic E-state index is 0.466. The molecule has 0 fully saturated rings. The van der Waals surface area contributed by atoms with E-state index in [4.69, 9.17) is 15.2 Å². The second-order valence-electron chi connectivity index (χ2n) is 3.90. The number of nitrogens with zero attached hydrogens (tertiary/aromatic N) is 1. The summed E-state index contributed by atoms with van der Waals surface area (Å²) in [6, 6.07) is 15.0. The van der Waals surface area contributed by atoms with Gasteiger partial charge in [-0.2, -0.15) is 0 Å². The number of amidine groups is 1. The Morgan fingerprint density at radius 2 is 1.63 bits per heavy atom. The van der Waals surface area contributed by atoms with Crippen molar-refractivity contribution in [2.45, 2.75) is 0 Å². The summed E-state index contributed by atoms with van der Waals surface area (Å²) in [6.45, 7) is 0. The van der Waals surface area contributed by atoms with Crippen LogP contribution in [-0.4, -0.2) is 20.1 Å². The third-order valence-electron chi connectivity index (χ3n) is 2.69. The first-order valence-electron chi connectivity index (χ1n) is 5.86. The molecule has 2 aromatic rings. The van der Waals surface area contributed by atoms with Crippen molar-refractivity contribution in [1.82, 2.24) is 0 Å². The number of ether oxygens (including phenoxy) is 2. The molecule has 0 saturated heterocycles. The van der Waals surface area contributed by atoms with Crippen molar-refractivity contribution in [2.75, 3.05) is 14.2 Å². The van der Waals surface area contributed by atoms with Crippen LogP contribution in [0, 0.1) is 0 Å². The molecule has 0 bridgehead atoms. The Kier molecular flexibility index (Phi) is 4.03. The predicted molar refractivity (Wildman–Crippen MR) is 76.4 cm³/mol. The summed E-state index contributed by atoms with van der Waals surface area (Å²) >= 11 is 0. The van der Waals surface area contributed by atoms with Gasteiger partial charge in [0.25, 0.3) is 0 Å².